The van der Waals surface area contributed by atoms with E-state index in [1.807, 2.05) is 0 Å². The van der Waals surface area contributed by atoms with Gasteiger partial charge in [0.1, 0.15) is 0 Å². The van der Waals surface area contributed by atoms with E-state index in [4.69, 9.17) is 0 Å². The third-order valence-corrected chi connectivity index (χ3v) is 4.40. The Labute approximate surface area is 118 Å². The number of nitrogens with zero attached hydrogens (tertiary/aromatic N) is 1. The van der Waals surface area contributed by atoms with Crippen LogP contribution in [0.2, 0.25) is 0 Å². The first-order chi connectivity index (χ1) is 9.15. The van der Waals surface area contributed by atoms with Crippen molar-refractivity contribution in [2.24, 2.45) is 0 Å². The summed E-state index contributed by atoms with van der Waals surface area (Å²) >= 11 is 0. The average Bonchev–Trinajstić information content (AvgIpc) is 2.63. The molecule has 1 aliphatic rings. The van der Waals surface area contributed by atoms with Crippen LogP contribution in [0.25, 0.3) is 0 Å². The van der Waals surface area contributed by atoms with Crippen molar-refractivity contribution in [1.29, 1.82) is 0 Å². The molecule has 1 heterocycles. The highest BCUT2D eigenvalue weighted by atomic mass is 15.2. The van der Waals surface area contributed by atoms with E-state index in [-0.39, 0.29) is 5.54 Å². The Kier molecular flexibility index (Phi) is 5.00. The monoisotopic (exact) mass is 260 g/mol. The van der Waals surface area contributed by atoms with E-state index in [0.29, 0.717) is 6.04 Å². The van der Waals surface area contributed by atoms with Gasteiger partial charge in [0.15, 0.2) is 0 Å². The summed E-state index contributed by atoms with van der Waals surface area (Å²) in [6.07, 6.45) is 3.81. The fourth-order valence-electron chi connectivity index (χ4n) is 3.16. The molecule has 0 spiro atoms. The first-order valence-corrected chi connectivity index (χ1v) is 7.70. The highest BCUT2D eigenvalue weighted by molar-refractivity contribution is 5.24. The number of hydrogen-bond donors (Lipinski definition) is 1. The maximum Gasteiger partial charge on any atom is 0.0535 e. The maximum absolute atomic E-state index is 3.76. The molecule has 19 heavy (non-hydrogen) atoms. The van der Waals surface area contributed by atoms with Gasteiger partial charge in [0.25, 0.3) is 0 Å². The molecule has 2 heteroatoms. The third-order valence-electron chi connectivity index (χ3n) is 4.40. The molecule has 0 aliphatic carbocycles. The largest absolute Gasteiger partial charge is 0.307 e. The van der Waals surface area contributed by atoms with E-state index in [2.05, 4.69) is 61.3 Å². The standard InChI is InChI=1S/C17H28N2/c1-4-9-15(2)19-13-8-12-18-17(3,14-19)16-10-6-5-7-11-16/h5-7,10-11,15,18H,4,8-9,12-14H2,1-3H3. The van der Waals surface area contributed by atoms with Gasteiger partial charge in [0.2, 0.25) is 0 Å². The molecule has 0 radical (unpaired) electrons. The van der Waals surface area contributed by atoms with Crippen molar-refractivity contribution in [3.05, 3.63) is 35.9 Å². The van der Waals surface area contributed by atoms with Crippen LogP contribution in [0.15, 0.2) is 30.3 Å². The normalized spacial score (nSPS) is 26.9. The fraction of sp³-hybridized carbons (Fsp3) is 0.647. The molecular weight excluding hydrogens is 232 g/mol. The van der Waals surface area contributed by atoms with Gasteiger partial charge in [0.05, 0.1) is 5.54 Å². The second-order valence-corrected chi connectivity index (χ2v) is 6.09. The number of hydrogen-bond acceptors (Lipinski definition) is 2. The predicted molar refractivity (Wildman–Crippen MR) is 82.4 cm³/mol. The molecule has 2 rings (SSSR count). The van der Waals surface area contributed by atoms with Crippen molar-refractivity contribution in [3.8, 4) is 0 Å². The van der Waals surface area contributed by atoms with Crippen LogP contribution in [-0.2, 0) is 5.54 Å². The van der Waals surface area contributed by atoms with Gasteiger partial charge < -0.3 is 5.32 Å². The zero-order valence-corrected chi connectivity index (χ0v) is 12.7. The van der Waals surface area contributed by atoms with Gasteiger partial charge in [-0.25, -0.2) is 0 Å². The summed E-state index contributed by atoms with van der Waals surface area (Å²) in [6.45, 7) is 10.4. The van der Waals surface area contributed by atoms with Crippen LogP contribution >= 0.6 is 0 Å². The molecule has 1 aromatic carbocycles. The Morgan fingerprint density at radius 3 is 2.74 bits per heavy atom. The van der Waals surface area contributed by atoms with Crippen molar-refractivity contribution < 1.29 is 0 Å². The first-order valence-electron chi connectivity index (χ1n) is 7.70. The lowest BCUT2D eigenvalue weighted by molar-refractivity contribution is 0.164. The molecule has 1 N–H and O–H groups in total. The minimum absolute atomic E-state index is 0.0831. The Balaban J connectivity index is 2.16. The summed E-state index contributed by atoms with van der Waals surface area (Å²) in [4.78, 5) is 2.66. The number of benzene rings is 1. The van der Waals surface area contributed by atoms with Gasteiger partial charge in [-0.15, -0.1) is 0 Å². The second kappa shape index (κ2) is 6.53. The van der Waals surface area contributed by atoms with Crippen molar-refractivity contribution >= 4 is 0 Å². The highest BCUT2D eigenvalue weighted by Gasteiger charge is 2.31. The second-order valence-electron chi connectivity index (χ2n) is 6.09. The van der Waals surface area contributed by atoms with E-state index < -0.39 is 0 Å². The smallest absolute Gasteiger partial charge is 0.0535 e. The maximum atomic E-state index is 3.76. The van der Waals surface area contributed by atoms with Gasteiger partial charge in [0, 0.05) is 12.6 Å². The van der Waals surface area contributed by atoms with Crippen LogP contribution in [0, 0.1) is 0 Å². The summed E-state index contributed by atoms with van der Waals surface area (Å²) < 4.78 is 0. The fourth-order valence-corrected chi connectivity index (χ4v) is 3.16. The third kappa shape index (κ3) is 3.58. The molecule has 0 aromatic heterocycles. The van der Waals surface area contributed by atoms with Crippen LogP contribution in [0.3, 0.4) is 0 Å². The van der Waals surface area contributed by atoms with E-state index >= 15 is 0 Å². The Hall–Kier alpha value is -0.860. The van der Waals surface area contributed by atoms with Crippen molar-refractivity contribution in [3.63, 3.8) is 0 Å². The van der Waals surface area contributed by atoms with Gasteiger partial charge in [-0.2, -0.15) is 0 Å². The zero-order valence-electron chi connectivity index (χ0n) is 12.7. The Morgan fingerprint density at radius 2 is 2.05 bits per heavy atom. The van der Waals surface area contributed by atoms with Gasteiger partial charge in [-0.05, 0) is 45.3 Å². The van der Waals surface area contributed by atoms with Gasteiger partial charge in [-0.1, -0.05) is 43.7 Å². The quantitative estimate of drug-likeness (QED) is 0.893. The first kappa shape index (κ1) is 14.5. The molecule has 2 unspecified atom stereocenters. The van der Waals surface area contributed by atoms with Crippen LogP contribution in [0.1, 0.15) is 45.6 Å². The molecule has 1 aliphatic heterocycles. The zero-order chi connectivity index (χ0) is 13.7. The molecule has 0 amide bonds. The number of nitrogens with one attached hydrogen (secondary N) is 1. The van der Waals surface area contributed by atoms with E-state index in [9.17, 15) is 0 Å². The molecule has 1 saturated heterocycles. The summed E-state index contributed by atoms with van der Waals surface area (Å²) in [7, 11) is 0. The Bertz CT molecular complexity index is 376. The average molecular weight is 260 g/mol. The minimum Gasteiger partial charge on any atom is -0.307 e. The predicted octanol–water partition coefficient (Wildman–Crippen LogP) is 3.39. The molecule has 2 nitrogen and oxygen atoms in total. The molecule has 0 saturated carbocycles. The van der Waals surface area contributed by atoms with Crippen LogP contribution < -0.4 is 5.32 Å². The van der Waals surface area contributed by atoms with E-state index in [1.165, 1.54) is 31.4 Å². The van der Waals surface area contributed by atoms with Crippen LogP contribution in [0.5, 0.6) is 0 Å². The van der Waals surface area contributed by atoms with Crippen molar-refractivity contribution in [2.75, 3.05) is 19.6 Å². The summed E-state index contributed by atoms with van der Waals surface area (Å²) in [5.41, 5.74) is 1.49. The lowest BCUT2D eigenvalue weighted by Crippen LogP contribution is -2.48. The topological polar surface area (TPSA) is 15.3 Å². The molecule has 106 valence electrons. The van der Waals surface area contributed by atoms with Crippen molar-refractivity contribution in [2.45, 2.75) is 51.6 Å². The molecule has 2 atom stereocenters. The summed E-state index contributed by atoms with van der Waals surface area (Å²) in [5.74, 6) is 0. The van der Waals surface area contributed by atoms with E-state index in [1.54, 1.807) is 0 Å². The molecular formula is C17H28N2. The summed E-state index contributed by atoms with van der Waals surface area (Å²) in [6, 6.07) is 11.6. The Morgan fingerprint density at radius 1 is 1.32 bits per heavy atom. The van der Waals surface area contributed by atoms with E-state index in [0.717, 1.165) is 13.1 Å². The van der Waals surface area contributed by atoms with Crippen molar-refractivity contribution in [1.82, 2.24) is 10.2 Å². The van der Waals surface area contributed by atoms with Crippen LogP contribution in [-0.4, -0.2) is 30.6 Å². The minimum atomic E-state index is 0.0831. The lowest BCUT2D eigenvalue weighted by atomic mass is 9.91. The SMILES string of the molecule is CCCC(C)N1CCCNC(C)(c2ccccc2)C1. The van der Waals surface area contributed by atoms with Crippen LogP contribution in [0.4, 0.5) is 0 Å². The lowest BCUT2D eigenvalue weighted by Gasteiger charge is -2.37. The number of rotatable bonds is 4. The van der Waals surface area contributed by atoms with Gasteiger partial charge >= 0.3 is 0 Å². The highest BCUT2D eigenvalue weighted by Crippen LogP contribution is 2.25. The molecule has 1 fully saturated rings. The molecule has 1 aromatic rings. The molecule has 0 bridgehead atoms. The van der Waals surface area contributed by atoms with Gasteiger partial charge in [-0.3, -0.25) is 4.90 Å². The summed E-state index contributed by atoms with van der Waals surface area (Å²) in [5, 5.41) is 3.76.